The lowest BCUT2D eigenvalue weighted by Crippen LogP contribution is -2.38. The molecule has 0 atom stereocenters. The first-order chi connectivity index (χ1) is 4.93. The molecule has 10 heavy (non-hydrogen) atoms. The Morgan fingerprint density at radius 1 is 1.40 bits per heavy atom. The molecule has 1 heterocycles. The van der Waals surface area contributed by atoms with Gasteiger partial charge in [0.05, 0.1) is 0 Å². The molecule has 0 spiro atoms. The lowest BCUT2D eigenvalue weighted by Gasteiger charge is -2.17. The molecular formula is C2H6B3ClO4. The predicted molar refractivity (Wildman–Crippen MR) is 40.0 cm³/mol. The Morgan fingerprint density at radius 3 is 2.70 bits per heavy atom. The van der Waals surface area contributed by atoms with E-state index >= 15 is 0 Å². The van der Waals surface area contributed by atoms with Crippen molar-refractivity contribution in [3.05, 3.63) is 0 Å². The molecule has 0 radical (unpaired) electrons. The summed E-state index contributed by atoms with van der Waals surface area (Å²) in [5.41, 5.74) is 0. The highest BCUT2D eigenvalue weighted by atomic mass is 35.5. The van der Waals surface area contributed by atoms with Crippen LogP contribution in [0.15, 0.2) is 0 Å². The van der Waals surface area contributed by atoms with Crippen LogP contribution in [0.1, 0.15) is 0 Å². The van der Waals surface area contributed by atoms with E-state index in [1.54, 1.807) is 0 Å². The second kappa shape index (κ2) is 5.04. The number of rotatable bonds is 3. The lowest BCUT2D eigenvalue weighted by atomic mass is 10.1. The SMILES string of the molecule is ClCCOB1OBOBO1. The van der Waals surface area contributed by atoms with Crippen molar-refractivity contribution < 1.29 is 18.4 Å². The van der Waals surface area contributed by atoms with E-state index in [4.69, 9.17) is 30.0 Å². The van der Waals surface area contributed by atoms with Gasteiger partial charge < -0.3 is 18.4 Å². The normalized spacial score (nSPS) is 17.9. The first kappa shape index (κ1) is 8.42. The zero-order valence-electron chi connectivity index (χ0n) is 5.42. The zero-order chi connectivity index (χ0) is 7.23. The summed E-state index contributed by atoms with van der Waals surface area (Å²) in [5, 5.41) is 0. The summed E-state index contributed by atoms with van der Waals surface area (Å²) >= 11 is 5.35. The molecule has 1 rings (SSSR count). The molecule has 1 saturated heterocycles. The van der Waals surface area contributed by atoms with E-state index in [9.17, 15) is 0 Å². The van der Waals surface area contributed by atoms with Crippen molar-refractivity contribution in [2.45, 2.75) is 0 Å². The van der Waals surface area contributed by atoms with E-state index in [1.807, 2.05) is 0 Å². The molecule has 0 aromatic heterocycles. The Hall–Kier alpha value is 0.325. The van der Waals surface area contributed by atoms with Crippen molar-refractivity contribution in [2.75, 3.05) is 12.5 Å². The topological polar surface area (TPSA) is 36.9 Å². The molecule has 4 nitrogen and oxygen atoms in total. The Labute approximate surface area is 65.9 Å². The van der Waals surface area contributed by atoms with Gasteiger partial charge in [-0.05, 0) is 0 Å². The summed E-state index contributed by atoms with van der Waals surface area (Å²) in [5.74, 6) is 0.435. The second-order valence-electron chi connectivity index (χ2n) is 1.62. The maximum absolute atomic E-state index is 5.35. The van der Waals surface area contributed by atoms with Crippen molar-refractivity contribution in [3.63, 3.8) is 0 Å². The summed E-state index contributed by atoms with van der Waals surface area (Å²) in [7, 11) is -0.174. The van der Waals surface area contributed by atoms with Crippen LogP contribution in [-0.4, -0.2) is 35.2 Å². The second-order valence-corrected chi connectivity index (χ2v) is 2.00. The highest BCUT2D eigenvalue weighted by Crippen LogP contribution is 1.96. The fourth-order valence-corrected chi connectivity index (χ4v) is 0.616. The van der Waals surface area contributed by atoms with E-state index in [1.165, 1.54) is 0 Å². The van der Waals surface area contributed by atoms with Crippen molar-refractivity contribution in [1.29, 1.82) is 0 Å². The summed E-state index contributed by atoms with van der Waals surface area (Å²) < 4.78 is 19.4. The van der Waals surface area contributed by atoms with Gasteiger partial charge in [0, 0.05) is 12.5 Å². The van der Waals surface area contributed by atoms with Gasteiger partial charge in [0.1, 0.15) is 0 Å². The van der Waals surface area contributed by atoms with Crippen LogP contribution < -0.4 is 0 Å². The molecule has 0 N–H and O–H groups in total. The fourth-order valence-electron chi connectivity index (χ4n) is 0.526. The van der Waals surface area contributed by atoms with Gasteiger partial charge in [-0.25, -0.2) is 0 Å². The molecule has 54 valence electrons. The molecule has 0 unspecified atom stereocenters. The van der Waals surface area contributed by atoms with Gasteiger partial charge in [0.2, 0.25) is 0 Å². The van der Waals surface area contributed by atoms with E-state index in [2.05, 4.69) is 0 Å². The monoisotopic (exact) mass is 162 g/mol. The smallest absolute Gasteiger partial charge is 0.458 e. The minimum Gasteiger partial charge on any atom is -0.458 e. The fraction of sp³-hybridized carbons (Fsp3) is 1.00. The van der Waals surface area contributed by atoms with Gasteiger partial charge in [-0.1, -0.05) is 0 Å². The average Bonchev–Trinajstić information content (AvgIpc) is 2.03. The molecule has 1 aliphatic heterocycles. The molecule has 8 heteroatoms. The molecule has 0 aromatic carbocycles. The lowest BCUT2D eigenvalue weighted by molar-refractivity contribution is 0.183. The van der Waals surface area contributed by atoms with Crippen molar-refractivity contribution >= 4 is 34.3 Å². The van der Waals surface area contributed by atoms with Gasteiger partial charge in [-0.2, -0.15) is 0 Å². The minimum atomic E-state index is -0.604. The highest BCUT2D eigenvalue weighted by molar-refractivity contribution is 6.57. The van der Waals surface area contributed by atoms with E-state index in [-0.39, 0.29) is 15.4 Å². The van der Waals surface area contributed by atoms with Crippen LogP contribution in [0.5, 0.6) is 0 Å². The first-order valence-electron chi connectivity index (χ1n) is 2.92. The van der Waals surface area contributed by atoms with Crippen molar-refractivity contribution in [2.24, 2.45) is 0 Å². The third-order valence-corrected chi connectivity index (χ3v) is 1.06. The Balaban J connectivity index is 2.02. The van der Waals surface area contributed by atoms with Gasteiger partial charge >= 0.3 is 22.7 Å². The number of alkyl halides is 1. The third kappa shape index (κ3) is 2.94. The number of halogens is 1. The van der Waals surface area contributed by atoms with Crippen LogP contribution in [0.3, 0.4) is 0 Å². The standard InChI is InChI=1S/C2H6B3ClO4/c6-1-2-7-5-9-3-8-4-10-5/h3-4H,1-2H2. The molecule has 0 bridgehead atoms. The Bertz CT molecular complexity index is 88.6. The Morgan fingerprint density at radius 2 is 2.10 bits per heavy atom. The molecule has 0 saturated carbocycles. The third-order valence-electron chi connectivity index (χ3n) is 0.906. The van der Waals surface area contributed by atoms with Gasteiger partial charge in [-0.3, -0.25) is 0 Å². The number of hydrogen-bond acceptors (Lipinski definition) is 4. The molecule has 0 amide bonds. The molecular weight excluding hydrogens is 156 g/mol. The molecule has 1 fully saturated rings. The van der Waals surface area contributed by atoms with Crippen molar-refractivity contribution in [1.82, 2.24) is 0 Å². The van der Waals surface area contributed by atoms with Crippen LogP contribution in [0, 0.1) is 0 Å². The van der Waals surface area contributed by atoms with Crippen LogP contribution >= 0.6 is 11.6 Å². The number of hydrogen-bond donors (Lipinski definition) is 0. The highest BCUT2D eigenvalue weighted by Gasteiger charge is 2.25. The maximum atomic E-state index is 5.35. The van der Waals surface area contributed by atoms with Gasteiger partial charge in [0.15, 0.2) is 0 Å². The van der Waals surface area contributed by atoms with Gasteiger partial charge in [-0.15, -0.1) is 11.6 Å². The van der Waals surface area contributed by atoms with E-state index in [0.29, 0.717) is 12.5 Å². The predicted octanol–water partition coefficient (Wildman–Crippen LogP) is -1.18. The molecule has 0 aromatic rings. The van der Waals surface area contributed by atoms with E-state index in [0.717, 1.165) is 0 Å². The zero-order valence-corrected chi connectivity index (χ0v) is 6.17. The minimum absolute atomic E-state index is 0.215. The maximum Gasteiger partial charge on any atom is 0.611 e. The summed E-state index contributed by atoms with van der Waals surface area (Å²) in [4.78, 5) is 0. The quantitative estimate of drug-likeness (QED) is 0.386. The molecule has 0 aliphatic carbocycles. The summed E-state index contributed by atoms with van der Waals surface area (Å²) in [6, 6.07) is 0. The largest absolute Gasteiger partial charge is 0.611 e. The summed E-state index contributed by atoms with van der Waals surface area (Å²) in [6.45, 7) is 0.423. The van der Waals surface area contributed by atoms with Crippen LogP contribution in [-0.2, 0) is 18.4 Å². The Kier molecular flexibility index (Phi) is 4.24. The molecule has 1 aliphatic rings. The van der Waals surface area contributed by atoms with E-state index < -0.39 is 7.32 Å². The first-order valence-corrected chi connectivity index (χ1v) is 3.45. The van der Waals surface area contributed by atoms with Crippen LogP contribution in [0.2, 0.25) is 0 Å². The van der Waals surface area contributed by atoms with Gasteiger partial charge in [0.25, 0.3) is 0 Å². The van der Waals surface area contributed by atoms with Crippen molar-refractivity contribution in [3.8, 4) is 0 Å². The summed E-state index contributed by atoms with van der Waals surface area (Å²) in [6.07, 6.45) is 0. The average molecular weight is 162 g/mol. The van der Waals surface area contributed by atoms with Crippen LogP contribution in [0.25, 0.3) is 0 Å². The van der Waals surface area contributed by atoms with Crippen LogP contribution in [0.4, 0.5) is 0 Å².